The van der Waals surface area contributed by atoms with Crippen LogP contribution in [-0.4, -0.2) is 58.7 Å². The lowest BCUT2D eigenvalue weighted by atomic mass is 10.0. The molecule has 0 spiro atoms. The number of nitrogens with zero attached hydrogens (tertiary/aromatic N) is 2. The van der Waals surface area contributed by atoms with Crippen molar-refractivity contribution in [2.75, 3.05) is 19.6 Å². The van der Waals surface area contributed by atoms with Gasteiger partial charge in [-0.3, -0.25) is 9.59 Å². The Morgan fingerprint density at radius 2 is 1.65 bits per heavy atom. The molecule has 1 aromatic heterocycles. The highest BCUT2D eigenvalue weighted by atomic mass is 16.6. The Morgan fingerprint density at radius 3 is 2.23 bits per heavy atom. The molecule has 3 amide bonds. The van der Waals surface area contributed by atoms with E-state index in [1.165, 1.54) is 0 Å². The Hall–Kier alpha value is -3.29. The van der Waals surface area contributed by atoms with Gasteiger partial charge in [-0.2, -0.15) is 0 Å². The molecular formula is C23H30N4O4. The lowest BCUT2D eigenvalue weighted by molar-refractivity contribution is -0.121. The maximum absolute atomic E-state index is 12.8. The van der Waals surface area contributed by atoms with E-state index in [1.807, 2.05) is 58.3 Å². The van der Waals surface area contributed by atoms with Crippen LogP contribution in [0.3, 0.4) is 0 Å². The summed E-state index contributed by atoms with van der Waals surface area (Å²) >= 11 is 0. The minimum Gasteiger partial charge on any atom is -0.444 e. The van der Waals surface area contributed by atoms with E-state index >= 15 is 0 Å². The standard InChI is InChI=1S/C23H30N4O4/c1-23(2,3)31-22(30)24-16-20(28)25-18-10-14-27(15-11-18)21(29)17-6-8-19(9-7-17)26-12-4-5-13-26/h4-9,12-13,18H,10-11,14-16H2,1-3H3,(H,24,30)(H,25,28). The van der Waals surface area contributed by atoms with Gasteiger partial charge in [0.2, 0.25) is 5.91 Å². The summed E-state index contributed by atoms with van der Waals surface area (Å²) in [5.41, 5.74) is 1.05. The maximum atomic E-state index is 12.8. The molecule has 1 aromatic carbocycles. The summed E-state index contributed by atoms with van der Waals surface area (Å²) in [6.45, 7) is 6.29. The topological polar surface area (TPSA) is 92.7 Å². The van der Waals surface area contributed by atoms with E-state index in [1.54, 1.807) is 20.8 Å². The number of ether oxygens (including phenoxy) is 1. The summed E-state index contributed by atoms with van der Waals surface area (Å²) in [6, 6.07) is 11.4. The van der Waals surface area contributed by atoms with E-state index < -0.39 is 11.7 Å². The fourth-order valence-electron chi connectivity index (χ4n) is 3.44. The number of amides is 3. The minimum atomic E-state index is -0.620. The van der Waals surface area contributed by atoms with Crippen LogP contribution in [0.25, 0.3) is 5.69 Å². The molecule has 0 unspecified atom stereocenters. The van der Waals surface area contributed by atoms with Crippen molar-refractivity contribution in [2.24, 2.45) is 0 Å². The smallest absolute Gasteiger partial charge is 0.408 e. The van der Waals surface area contributed by atoms with Gasteiger partial charge >= 0.3 is 6.09 Å². The molecule has 3 rings (SSSR count). The number of hydrogen-bond acceptors (Lipinski definition) is 4. The third-order valence-corrected chi connectivity index (χ3v) is 4.96. The number of aromatic nitrogens is 1. The zero-order valence-electron chi connectivity index (χ0n) is 18.3. The lowest BCUT2D eigenvalue weighted by Crippen LogP contribution is -2.49. The SMILES string of the molecule is CC(C)(C)OC(=O)NCC(=O)NC1CCN(C(=O)c2ccc(-n3cccc3)cc2)CC1. The van der Waals surface area contributed by atoms with E-state index in [-0.39, 0.29) is 24.4 Å². The molecule has 1 saturated heterocycles. The van der Waals surface area contributed by atoms with Gasteiger partial charge in [-0.25, -0.2) is 4.79 Å². The summed E-state index contributed by atoms with van der Waals surface area (Å²) in [6.07, 6.45) is 4.64. The van der Waals surface area contributed by atoms with Gasteiger partial charge in [-0.1, -0.05) is 0 Å². The summed E-state index contributed by atoms with van der Waals surface area (Å²) in [5.74, 6) is -0.272. The molecule has 0 aliphatic carbocycles. The minimum absolute atomic E-state index is 0.00424. The van der Waals surface area contributed by atoms with Crippen molar-refractivity contribution in [1.82, 2.24) is 20.1 Å². The summed E-state index contributed by atoms with van der Waals surface area (Å²) in [5, 5.41) is 5.36. The first-order chi connectivity index (χ1) is 14.7. The van der Waals surface area contributed by atoms with Crippen LogP contribution in [0, 0.1) is 0 Å². The number of rotatable bonds is 5. The summed E-state index contributed by atoms with van der Waals surface area (Å²) in [7, 11) is 0. The number of likely N-dealkylation sites (tertiary alicyclic amines) is 1. The fraction of sp³-hybridized carbons (Fsp3) is 0.435. The second-order valence-corrected chi connectivity index (χ2v) is 8.63. The third kappa shape index (κ3) is 6.60. The van der Waals surface area contributed by atoms with E-state index in [9.17, 15) is 14.4 Å². The van der Waals surface area contributed by atoms with Gasteiger partial charge in [0.25, 0.3) is 5.91 Å². The van der Waals surface area contributed by atoms with Crippen LogP contribution in [0.4, 0.5) is 4.79 Å². The number of carbonyl (C=O) groups is 3. The van der Waals surface area contributed by atoms with E-state index in [0.29, 0.717) is 31.5 Å². The molecule has 1 aliphatic heterocycles. The van der Waals surface area contributed by atoms with Crippen molar-refractivity contribution in [3.05, 3.63) is 54.4 Å². The van der Waals surface area contributed by atoms with Crippen LogP contribution >= 0.6 is 0 Å². The Bertz CT molecular complexity index is 893. The fourth-order valence-corrected chi connectivity index (χ4v) is 3.44. The van der Waals surface area contributed by atoms with Crippen LogP contribution in [0.5, 0.6) is 0 Å². The Morgan fingerprint density at radius 1 is 1.03 bits per heavy atom. The largest absolute Gasteiger partial charge is 0.444 e. The number of alkyl carbamates (subject to hydrolysis) is 1. The maximum Gasteiger partial charge on any atom is 0.408 e. The number of piperidine rings is 1. The van der Waals surface area contributed by atoms with Gasteiger partial charge in [0.05, 0.1) is 0 Å². The Labute approximate surface area is 182 Å². The molecule has 2 aromatic rings. The van der Waals surface area contributed by atoms with Gasteiger partial charge in [0.1, 0.15) is 12.1 Å². The number of nitrogens with one attached hydrogen (secondary N) is 2. The highest BCUT2D eigenvalue weighted by Gasteiger charge is 2.25. The second kappa shape index (κ2) is 9.68. The molecule has 8 heteroatoms. The van der Waals surface area contributed by atoms with Crippen molar-refractivity contribution < 1.29 is 19.1 Å². The number of hydrogen-bond donors (Lipinski definition) is 2. The van der Waals surface area contributed by atoms with Gasteiger partial charge in [-0.05, 0) is 70.0 Å². The first kappa shape index (κ1) is 22.4. The van der Waals surface area contributed by atoms with Crippen molar-refractivity contribution in [3.8, 4) is 5.69 Å². The normalized spacial score (nSPS) is 14.7. The molecule has 0 atom stereocenters. The predicted octanol–water partition coefficient (Wildman–Crippen LogP) is 2.72. The summed E-state index contributed by atoms with van der Waals surface area (Å²) < 4.78 is 7.10. The molecule has 0 bridgehead atoms. The van der Waals surface area contributed by atoms with E-state index in [0.717, 1.165) is 5.69 Å². The Kier molecular flexibility index (Phi) is 6.99. The first-order valence-corrected chi connectivity index (χ1v) is 10.5. The van der Waals surface area contributed by atoms with Gasteiger partial charge in [-0.15, -0.1) is 0 Å². The second-order valence-electron chi connectivity index (χ2n) is 8.63. The molecule has 31 heavy (non-hydrogen) atoms. The van der Waals surface area contributed by atoms with Crippen LogP contribution in [-0.2, 0) is 9.53 Å². The average Bonchev–Trinajstić information content (AvgIpc) is 3.26. The average molecular weight is 427 g/mol. The quantitative estimate of drug-likeness (QED) is 0.769. The van der Waals surface area contributed by atoms with Crippen molar-refractivity contribution in [3.63, 3.8) is 0 Å². The van der Waals surface area contributed by atoms with E-state index in [4.69, 9.17) is 4.74 Å². The molecule has 1 fully saturated rings. The molecule has 2 heterocycles. The molecule has 8 nitrogen and oxygen atoms in total. The number of carbonyl (C=O) groups excluding carboxylic acids is 3. The van der Waals surface area contributed by atoms with Crippen LogP contribution in [0.2, 0.25) is 0 Å². The van der Waals surface area contributed by atoms with Crippen molar-refractivity contribution in [1.29, 1.82) is 0 Å². The monoisotopic (exact) mass is 426 g/mol. The highest BCUT2D eigenvalue weighted by molar-refractivity contribution is 5.94. The molecule has 0 saturated carbocycles. The number of benzene rings is 1. The first-order valence-electron chi connectivity index (χ1n) is 10.5. The van der Waals surface area contributed by atoms with Crippen LogP contribution < -0.4 is 10.6 Å². The lowest BCUT2D eigenvalue weighted by Gasteiger charge is -2.32. The van der Waals surface area contributed by atoms with Gasteiger partial charge in [0.15, 0.2) is 0 Å². The van der Waals surface area contributed by atoms with Crippen molar-refractivity contribution >= 4 is 17.9 Å². The summed E-state index contributed by atoms with van der Waals surface area (Å²) in [4.78, 5) is 38.3. The predicted molar refractivity (Wildman–Crippen MR) is 117 cm³/mol. The Balaban J connectivity index is 1.42. The van der Waals surface area contributed by atoms with Gasteiger partial charge < -0.3 is 24.8 Å². The van der Waals surface area contributed by atoms with Crippen LogP contribution in [0.1, 0.15) is 44.0 Å². The molecule has 2 N–H and O–H groups in total. The highest BCUT2D eigenvalue weighted by Crippen LogP contribution is 2.16. The third-order valence-electron chi connectivity index (χ3n) is 4.96. The molecule has 1 aliphatic rings. The zero-order valence-corrected chi connectivity index (χ0v) is 18.3. The zero-order chi connectivity index (χ0) is 22.4. The molecule has 0 radical (unpaired) electrons. The molecular weight excluding hydrogens is 396 g/mol. The van der Waals surface area contributed by atoms with Crippen LogP contribution in [0.15, 0.2) is 48.8 Å². The molecule has 166 valence electrons. The van der Waals surface area contributed by atoms with E-state index in [2.05, 4.69) is 10.6 Å². The van der Waals surface area contributed by atoms with Gasteiger partial charge in [0, 0.05) is 42.8 Å². The van der Waals surface area contributed by atoms with Crippen molar-refractivity contribution in [2.45, 2.75) is 45.3 Å².